The maximum atomic E-state index is 12.6. The number of carboxylic acid groups (broad SMARTS) is 1. The molecule has 0 atom stereocenters. The molecule has 0 spiro atoms. The zero-order valence-corrected chi connectivity index (χ0v) is 12.3. The first-order valence-electron chi connectivity index (χ1n) is 6.94. The second kappa shape index (κ2) is 6.06. The molecule has 23 heavy (non-hydrogen) atoms. The minimum atomic E-state index is -4.43. The number of aliphatic carboxylic acids is 1. The Morgan fingerprint density at radius 2 is 1.78 bits per heavy atom. The third-order valence-corrected chi connectivity index (χ3v) is 3.75. The predicted octanol–water partition coefficient (Wildman–Crippen LogP) is 3.51. The second-order valence-electron chi connectivity index (χ2n) is 5.68. The molecule has 1 N–H and O–H groups in total. The SMILES string of the molecule is C[C@H]1C[C@](OC(=O)/C=C/C(=O)O)(c2ccc(C(F)(F)F)cc2)C1. The minimum absolute atomic E-state index is 0.258. The van der Waals surface area contributed by atoms with E-state index in [0.29, 0.717) is 24.5 Å². The Labute approximate surface area is 130 Å². The van der Waals surface area contributed by atoms with Crippen LogP contribution in [0.2, 0.25) is 0 Å². The first kappa shape index (κ1) is 17.1. The predicted molar refractivity (Wildman–Crippen MR) is 74.4 cm³/mol. The number of hydrogen-bond acceptors (Lipinski definition) is 3. The molecule has 0 aliphatic heterocycles. The van der Waals surface area contributed by atoms with Gasteiger partial charge >= 0.3 is 18.1 Å². The van der Waals surface area contributed by atoms with Gasteiger partial charge in [-0.2, -0.15) is 13.2 Å². The summed E-state index contributed by atoms with van der Waals surface area (Å²) in [7, 11) is 0. The summed E-state index contributed by atoms with van der Waals surface area (Å²) < 4.78 is 43.2. The molecular weight excluding hydrogens is 313 g/mol. The van der Waals surface area contributed by atoms with E-state index in [0.717, 1.165) is 18.2 Å². The smallest absolute Gasteiger partial charge is 0.416 e. The highest BCUT2D eigenvalue weighted by Crippen LogP contribution is 2.49. The number of carbonyl (C=O) groups excluding carboxylic acids is 1. The highest BCUT2D eigenvalue weighted by molar-refractivity contribution is 5.91. The molecule has 7 heteroatoms. The highest BCUT2D eigenvalue weighted by atomic mass is 19.4. The van der Waals surface area contributed by atoms with Gasteiger partial charge in [-0.3, -0.25) is 0 Å². The van der Waals surface area contributed by atoms with Crippen molar-refractivity contribution in [3.8, 4) is 0 Å². The number of alkyl halides is 3. The summed E-state index contributed by atoms with van der Waals surface area (Å²) in [5.41, 5.74) is -1.30. The summed E-state index contributed by atoms with van der Waals surface area (Å²) in [5.74, 6) is -1.86. The first-order chi connectivity index (χ1) is 10.6. The Kier molecular flexibility index (Phi) is 4.49. The van der Waals surface area contributed by atoms with E-state index in [1.54, 1.807) is 0 Å². The normalized spacial score (nSPS) is 24.3. The van der Waals surface area contributed by atoms with E-state index >= 15 is 0 Å². The lowest BCUT2D eigenvalue weighted by Crippen LogP contribution is -2.43. The van der Waals surface area contributed by atoms with E-state index in [-0.39, 0.29) is 5.92 Å². The van der Waals surface area contributed by atoms with Crippen LogP contribution >= 0.6 is 0 Å². The van der Waals surface area contributed by atoms with Crippen LogP contribution in [-0.4, -0.2) is 17.0 Å². The van der Waals surface area contributed by atoms with Crippen LogP contribution < -0.4 is 0 Å². The van der Waals surface area contributed by atoms with Gasteiger partial charge in [0.25, 0.3) is 0 Å². The van der Waals surface area contributed by atoms with Crippen molar-refractivity contribution in [3.63, 3.8) is 0 Å². The van der Waals surface area contributed by atoms with Gasteiger partial charge in [0.15, 0.2) is 0 Å². The Hall–Kier alpha value is -2.31. The molecule has 0 heterocycles. The topological polar surface area (TPSA) is 63.6 Å². The summed E-state index contributed by atoms with van der Waals surface area (Å²) >= 11 is 0. The molecule has 0 aromatic heterocycles. The number of halogens is 3. The van der Waals surface area contributed by atoms with Gasteiger partial charge in [-0.1, -0.05) is 19.1 Å². The Morgan fingerprint density at radius 1 is 1.22 bits per heavy atom. The van der Waals surface area contributed by atoms with Crippen molar-refractivity contribution in [1.82, 2.24) is 0 Å². The first-order valence-corrected chi connectivity index (χ1v) is 6.94. The molecule has 0 unspecified atom stereocenters. The van der Waals surface area contributed by atoms with Crippen molar-refractivity contribution >= 4 is 11.9 Å². The van der Waals surface area contributed by atoms with E-state index in [2.05, 4.69) is 0 Å². The number of rotatable bonds is 4. The van der Waals surface area contributed by atoms with Crippen LogP contribution in [0.5, 0.6) is 0 Å². The van der Waals surface area contributed by atoms with Gasteiger partial charge in [-0.15, -0.1) is 0 Å². The monoisotopic (exact) mass is 328 g/mol. The van der Waals surface area contributed by atoms with Crippen molar-refractivity contribution in [1.29, 1.82) is 0 Å². The van der Waals surface area contributed by atoms with Crippen LogP contribution in [0.15, 0.2) is 36.4 Å². The molecule has 2 rings (SSSR count). The molecule has 124 valence electrons. The largest absolute Gasteiger partial charge is 0.478 e. The van der Waals surface area contributed by atoms with Gasteiger partial charge in [-0.25, -0.2) is 9.59 Å². The molecule has 1 aliphatic rings. The molecule has 1 aromatic rings. The summed E-state index contributed by atoms with van der Waals surface area (Å²) in [4.78, 5) is 22.1. The summed E-state index contributed by atoms with van der Waals surface area (Å²) in [6.07, 6.45) is -2.03. The lowest BCUT2D eigenvalue weighted by molar-refractivity contribution is -0.172. The van der Waals surface area contributed by atoms with Crippen LogP contribution in [0.1, 0.15) is 30.9 Å². The molecule has 0 amide bonds. The quantitative estimate of drug-likeness (QED) is 0.678. The van der Waals surface area contributed by atoms with Crippen LogP contribution in [0, 0.1) is 5.92 Å². The minimum Gasteiger partial charge on any atom is -0.478 e. The van der Waals surface area contributed by atoms with Crippen molar-refractivity contribution in [2.45, 2.75) is 31.5 Å². The molecule has 0 radical (unpaired) electrons. The van der Waals surface area contributed by atoms with E-state index in [4.69, 9.17) is 9.84 Å². The molecule has 1 aliphatic carbocycles. The number of esters is 1. The zero-order valence-electron chi connectivity index (χ0n) is 12.3. The lowest BCUT2D eigenvalue weighted by Gasteiger charge is -2.45. The lowest BCUT2D eigenvalue weighted by atomic mass is 9.68. The molecule has 0 bridgehead atoms. The van der Waals surface area contributed by atoms with Crippen molar-refractivity contribution in [2.24, 2.45) is 5.92 Å². The fourth-order valence-electron chi connectivity index (χ4n) is 2.77. The van der Waals surface area contributed by atoms with Crippen molar-refractivity contribution < 1.29 is 32.6 Å². The maximum absolute atomic E-state index is 12.6. The standard InChI is InChI=1S/C16H15F3O4/c1-10-8-15(9-10,23-14(22)7-6-13(20)21)11-2-4-12(5-3-11)16(17,18)19/h2-7,10H,8-9H2,1H3,(H,20,21)/b7-6+/t10-,15+. The molecular formula is C16H15F3O4. The van der Waals surface area contributed by atoms with Crippen LogP contribution in [0.25, 0.3) is 0 Å². The van der Waals surface area contributed by atoms with Crippen LogP contribution in [0.3, 0.4) is 0 Å². The summed E-state index contributed by atoms with van der Waals surface area (Å²) in [6, 6.07) is 4.48. The highest BCUT2D eigenvalue weighted by Gasteiger charge is 2.47. The number of ether oxygens (including phenoxy) is 1. The van der Waals surface area contributed by atoms with Crippen LogP contribution in [0.4, 0.5) is 13.2 Å². The molecule has 4 nitrogen and oxygen atoms in total. The van der Waals surface area contributed by atoms with E-state index < -0.39 is 29.3 Å². The van der Waals surface area contributed by atoms with Crippen molar-refractivity contribution in [2.75, 3.05) is 0 Å². The van der Waals surface area contributed by atoms with Crippen molar-refractivity contribution in [3.05, 3.63) is 47.5 Å². The molecule has 1 saturated carbocycles. The third kappa shape index (κ3) is 3.91. The molecule has 1 fully saturated rings. The molecule has 0 saturated heterocycles. The van der Waals surface area contributed by atoms with Gasteiger partial charge in [0, 0.05) is 12.2 Å². The maximum Gasteiger partial charge on any atom is 0.416 e. The van der Waals surface area contributed by atoms with E-state index in [1.165, 1.54) is 12.1 Å². The fourth-order valence-corrected chi connectivity index (χ4v) is 2.77. The second-order valence-corrected chi connectivity index (χ2v) is 5.68. The number of benzene rings is 1. The average molecular weight is 328 g/mol. The van der Waals surface area contributed by atoms with E-state index in [9.17, 15) is 22.8 Å². The van der Waals surface area contributed by atoms with Gasteiger partial charge in [0.05, 0.1) is 5.56 Å². The fraction of sp³-hybridized carbons (Fsp3) is 0.375. The third-order valence-electron chi connectivity index (χ3n) is 3.75. The van der Waals surface area contributed by atoms with E-state index in [1.807, 2.05) is 6.92 Å². The van der Waals surface area contributed by atoms with Gasteiger partial charge in [-0.05, 0) is 36.5 Å². The summed E-state index contributed by atoms with van der Waals surface area (Å²) in [5, 5.41) is 8.50. The number of carboxylic acids is 1. The van der Waals surface area contributed by atoms with Gasteiger partial charge in [0.1, 0.15) is 5.60 Å². The number of hydrogen-bond donors (Lipinski definition) is 1. The van der Waals surface area contributed by atoms with Gasteiger partial charge in [0.2, 0.25) is 0 Å². The average Bonchev–Trinajstić information content (AvgIpc) is 2.42. The Bertz CT molecular complexity index is 626. The summed E-state index contributed by atoms with van der Waals surface area (Å²) in [6.45, 7) is 1.93. The zero-order chi connectivity index (χ0) is 17.3. The Morgan fingerprint density at radius 3 is 2.22 bits per heavy atom. The molecule has 1 aromatic carbocycles. The number of carbonyl (C=O) groups is 2. The Balaban J connectivity index is 2.21. The van der Waals surface area contributed by atoms with Crippen LogP contribution in [-0.2, 0) is 26.1 Å². The van der Waals surface area contributed by atoms with Gasteiger partial charge < -0.3 is 9.84 Å².